The fraction of sp³-hybridized carbons (Fsp3) is 0.333. The van der Waals surface area contributed by atoms with E-state index in [9.17, 15) is 0 Å². The SMILES string of the molecule is CC(C)NCc1cccn1Cc1ccc(Cl)c(Cl)c1. The van der Waals surface area contributed by atoms with Gasteiger partial charge in [0, 0.05) is 31.0 Å². The smallest absolute Gasteiger partial charge is 0.0595 e. The van der Waals surface area contributed by atoms with Gasteiger partial charge in [-0.25, -0.2) is 0 Å². The van der Waals surface area contributed by atoms with Gasteiger partial charge in [0.05, 0.1) is 10.0 Å². The first-order valence-corrected chi connectivity index (χ1v) is 7.13. The van der Waals surface area contributed by atoms with Crippen LogP contribution < -0.4 is 5.32 Å². The van der Waals surface area contributed by atoms with E-state index >= 15 is 0 Å². The molecule has 1 aromatic heterocycles. The number of aromatic nitrogens is 1. The number of hydrogen-bond acceptors (Lipinski definition) is 1. The Morgan fingerprint density at radius 3 is 2.63 bits per heavy atom. The number of rotatable bonds is 5. The summed E-state index contributed by atoms with van der Waals surface area (Å²) in [5, 5.41) is 4.63. The molecule has 2 rings (SSSR count). The summed E-state index contributed by atoms with van der Waals surface area (Å²) in [5.41, 5.74) is 2.41. The van der Waals surface area contributed by atoms with E-state index in [-0.39, 0.29) is 0 Å². The van der Waals surface area contributed by atoms with E-state index in [1.54, 1.807) is 0 Å². The molecule has 1 heterocycles. The van der Waals surface area contributed by atoms with Gasteiger partial charge < -0.3 is 9.88 Å². The van der Waals surface area contributed by atoms with Gasteiger partial charge in [0.25, 0.3) is 0 Å². The van der Waals surface area contributed by atoms with Crippen molar-refractivity contribution in [3.05, 3.63) is 57.8 Å². The zero-order valence-electron chi connectivity index (χ0n) is 11.2. The van der Waals surface area contributed by atoms with Gasteiger partial charge in [0.1, 0.15) is 0 Å². The minimum Gasteiger partial charge on any atom is -0.346 e. The van der Waals surface area contributed by atoms with E-state index in [4.69, 9.17) is 23.2 Å². The first-order valence-electron chi connectivity index (χ1n) is 6.37. The normalized spacial score (nSPS) is 11.2. The van der Waals surface area contributed by atoms with E-state index in [2.05, 4.69) is 42.1 Å². The van der Waals surface area contributed by atoms with Gasteiger partial charge in [0.2, 0.25) is 0 Å². The number of hydrogen-bond donors (Lipinski definition) is 1. The van der Waals surface area contributed by atoms with E-state index in [1.165, 1.54) is 5.69 Å². The monoisotopic (exact) mass is 296 g/mol. The Balaban J connectivity index is 2.10. The topological polar surface area (TPSA) is 17.0 Å². The van der Waals surface area contributed by atoms with Crippen LogP contribution in [0.15, 0.2) is 36.5 Å². The molecule has 0 amide bonds. The van der Waals surface area contributed by atoms with Crippen molar-refractivity contribution in [2.24, 2.45) is 0 Å². The predicted molar refractivity (Wildman–Crippen MR) is 82.0 cm³/mol. The highest BCUT2D eigenvalue weighted by Gasteiger charge is 2.04. The van der Waals surface area contributed by atoms with Crippen LogP contribution in [0, 0.1) is 0 Å². The summed E-state index contributed by atoms with van der Waals surface area (Å²) in [4.78, 5) is 0. The molecular formula is C15H18Cl2N2. The van der Waals surface area contributed by atoms with Crippen molar-refractivity contribution >= 4 is 23.2 Å². The number of halogens is 2. The molecule has 102 valence electrons. The van der Waals surface area contributed by atoms with Crippen LogP contribution in [-0.4, -0.2) is 10.6 Å². The first kappa shape index (κ1) is 14.4. The first-order chi connectivity index (χ1) is 9.06. The van der Waals surface area contributed by atoms with Gasteiger partial charge >= 0.3 is 0 Å². The minimum atomic E-state index is 0.480. The van der Waals surface area contributed by atoms with Crippen LogP contribution in [-0.2, 0) is 13.1 Å². The number of benzene rings is 1. The minimum absolute atomic E-state index is 0.480. The summed E-state index contributed by atoms with van der Waals surface area (Å²) in [5.74, 6) is 0. The van der Waals surface area contributed by atoms with Gasteiger partial charge in [-0.1, -0.05) is 43.1 Å². The van der Waals surface area contributed by atoms with Crippen molar-refractivity contribution < 1.29 is 0 Å². The molecule has 1 N–H and O–H groups in total. The number of nitrogens with zero attached hydrogens (tertiary/aromatic N) is 1. The van der Waals surface area contributed by atoms with Gasteiger partial charge in [-0.3, -0.25) is 0 Å². The molecule has 1 aromatic carbocycles. The molecule has 2 aromatic rings. The Bertz CT molecular complexity index is 547. The molecule has 0 saturated heterocycles. The quantitative estimate of drug-likeness (QED) is 0.868. The van der Waals surface area contributed by atoms with Crippen LogP contribution in [0.2, 0.25) is 10.0 Å². The van der Waals surface area contributed by atoms with Crippen LogP contribution in [0.5, 0.6) is 0 Å². The molecule has 0 unspecified atom stereocenters. The summed E-state index contributed by atoms with van der Waals surface area (Å²) in [7, 11) is 0. The molecule has 0 saturated carbocycles. The highest BCUT2D eigenvalue weighted by molar-refractivity contribution is 6.42. The van der Waals surface area contributed by atoms with Crippen LogP contribution in [0.4, 0.5) is 0 Å². The van der Waals surface area contributed by atoms with E-state index in [0.29, 0.717) is 16.1 Å². The van der Waals surface area contributed by atoms with E-state index < -0.39 is 0 Å². The average Bonchev–Trinajstić information content (AvgIpc) is 2.79. The second kappa shape index (κ2) is 6.47. The molecule has 0 aliphatic carbocycles. The molecular weight excluding hydrogens is 279 g/mol. The zero-order chi connectivity index (χ0) is 13.8. The highest BCUT2D eigenvalue weighted by Crippen LogP contribution is 2.23. The largest absolute Gasteiger partial charge is 0.346 e. The van der Waals surface area contributed by atoms with E-state index in [0.717, 1.165) is 18.7 Å². The van der Waals surface area contributed by atoms with Crippen LogP contribution in [0.1, 0.15) is 25.1 Å². The lowest BCUT2D eigenvalue weighted by Crippen LogP contribution is -2.23. The molecule has 4 heteroatoms. The second-order valence-corrected chi connectivity index (χ2v) is 5.73. The standard InChI is InChI=1S/C15H18Cl2N2/c1-11(2)18-9-13-4-3-7-19(13)10-12-5-6-14(16)15(17)8-12/h3-8,11,18H,9-10H2,1-2H3. The van der Waals surface area contributed by atoms with Crippen molar-refractivity contribution in [1.82, 2.24) is 9.88 Å². The van der Waals surface area contributed by atoms with Crippen molar-refractivity contribution in [3.8, 4) is 0 Å². The van der Waals surface area contributed by atoms with Gasteiger partial charge in [-0.05, 0) is 29.8 Å². The molecule has 0 fully saturated rings. The third kappa shape index (κ3) is 4.00. The van der Waals surface area contributed by atoms with Crippen LogP contribution in [0.25, 0.3) is 0 Å². The predicted octanol–water partition coefficient (Wildman–Crippen LogP) is 4.34. The Labute approximate surface area is 124 Å². The lowest BCUT2D eigenvalue weighted by atomic mass is 10.2. The third-order valence-electron chi connectivity index (χ3n) is 2.95. The summed E-state index contributed by atoms with van der Waals surface area (Å²) in [6, 6.07) is 10.4. The number of nitrogens with one attached hydrogen (secondary N) is 1. The third-order valence-corrected chi connectivity index (χ3v) is 3.69. The summed E-state index contributed by atoms with van der Waals surface area (Å²) < 4.78 is 2.22. The van der Waals surface area contributed by atoms with E-state index in [1.807, 2.05) is 18.2 Å². The van der Waals surface area contributed by atoms with Crippen molar-refractivity contribution in [2.75, 3.05) is 0 Å². The lowest BCUT2D eigenvalue weighted by Gasteiger charge is -2.12. The molecule has 0 bridgehead atoms. The molecule has 0 atom stereocenters. The lowest BCUT2D eigenvalue weighted by molar-refractivity contribution is 0.564. The second-order valence-electron chi connectivity index (χ2n) is 4.91. The maximum absolute atomic E-state index is 6.04. The zero-order valence-corrected chi connectivity index (χ0v) is 12.7. The van der Waals surface area contributed by atoms with Crippen LogP contribution >= 0.6 is 23.2 Å². The Morgan fingerprint density at radius 1 is 1.16 bits per heavy atom. The summed E-state index contributed by atoms with van der Waals surface area (Å²) in [6.07, 6.45) is 2.08. The van der Waals surface area contributed by atoms with Crippen molar-refractivity contribution in [2.45, 2.75) is 33.0 Å². The molecule has 19 heavy (non-hydrogen) atoms. The van der Waals surface area contributed by atoms with Gasteiger partial charge in [0.15, 0.2) is 0 Å². The fourth-order valence-corrected chi connectivity index (χ4v) is 2.23. The summed E-state index contributed by atoms with van der Waals surface area (Å²) >= 11 is 12.0. The maximum atomic E-state index is 6.04. The fourth-order valence-electron chi connectivity index (χ4n) is 1.91. The highest BCUT2D eigenvalue weighted by atomic mass is 35.5. The Morgan fingerprint density at radius 2 is 1.95 bits per heavy atom. The Hall–Kier alpha value is -0.960. The molecule has 0 aliphatic rings. The van der Waals surface area contributed by atoms with Crippen molar-refractivity contribution in [1.29, 1.82) is 0 Å². The molecule has 0 spiro atoms. The van der Waals surface area contributed by atoms with Gasteiger partial charge in [-0.15, -0.1) is 0 Å². The van der Waals surface area contributed by atoms with Gasteiger partial charge in [-0.2, -0.15) is 0 Å². The average molecular weight is 297 g/mol. The van der Waals surface area contributed by atoms with Crippen molar-refractivity contribution in [3.63, 3.8) is 0 Å². The van der Waals surface area contributed by atoms with Crippen LogP contribution in [0.3, 0.4) is 0 Å². The summed E-state index contributed by atoms with van der Waals surface area (Å²) in [6.45, 7) is 5.96. The maximum Gasteiger partial charge on any atom is 0.0595 e. The Kier molecular flexibility index (Phi) is 4.92. The molecule has 0 radical (unpaired) electrons. The molecule has 0 aliphatic heterocycles. The molecule has 2 nitrogen and oxygen atoms in total.